The maximum atomic E-state index is 13.1. The van der Waals surface area contributed by atoms with Crippen LogP contribution >= 0.6 is 0 Å². The fourth-order valence-corrected chi connectivity index (χ4v) is 16.2. The lowest BCUT2D eigenvalue weighted by molar-refractivity contribution is -0.274. The summed E-state index contributed by atoms with van der Waals surface area (Å²) in [6.07, 6.45) is -13.9. The number of aliphatic hydroxyl groups is 3. The second-order valence-corrected chi connectivity index (χ2v) is 35.7. The summed E-state index contributed by atoms with van der Waals surface area (Å²) in [5.74, 6) is -1.28. The van der Waals surface area contributed by atoms with E-state index in [1.807, 2.05) is 6.07 Å². The Hall–Kier alpha value is -10.6. The molecule has 10 aromatic rings. The van der Waals surface area contributed by atoms with Crippen molar-refractivity contribution in [3.8, 4) is 29.1 Å². The Balaban J connectivity index is 0.000000189. The molecule has 3 aromatic heterocycles. The molecule has 3 amide bonds. The van der Waals surface area contributed by atoms with Crippen LogP contribution in [0.5, 0.6) is 29.1 Å². The van der Waals surface area contributed by atoms with Crippen LogP contribution in [-0.4, -0.2) is 154 Å². The Kier molecular flexibility index (Phi) is 30.1. The first-order chi connectivity index (χ1) is 56.7. The quantitative estimate of drug-likeness (QED) is 0.0260. The molecule has 23 nitrogen and oxygen atoms in total. The van der Waals surface area contributed by atoms with Gasteiger partial charge in [-0.15, -0.1) is 13.2 Å². The predicted molar refractivity (Wildman–Crippen MR) is 428 cm³/mol. The molecular formula is C85H89F9N6O17S3. The van der Waals surface area contributed by atoms with Gasteiger partial charge in [0.25, 0.3) is 17.7 Å². The first kappa shape index (κ1) is 91.7. The fourth-order valence-electron chi connectivity index (χ4n) is 13.6. The van der Waals surface area contributed by atoms with Gasteiger partial charge in [0.15, 0.2) is 35.6 Å². The van der Waals surface area contributed by atoms with E-state index < -0.39 is 110 Å². The summed E-state index contributed by atoms with van der Waals surface area (Å²) < 4.78 is 213. The van der Waals surface area contributed by atoms with Gasteiger partial charge in [-0.2, -0.15) is 26.3 Å². The number of fused-ring (bicyclic) bond motifs is 3. The smallest absolute Gasteiger partial charge is 0.477 e. The number of pyridine rings is 3. The van der Waals surface area contributed by atoms with Crippen LogP contribution in [0.1, 0.15) is 149 Å². The third kappa shape index (κ3) is 24.6. The summed E-state index contributed by atoms with van der Waals surface area (Å²) in [6.45, 7) is 8.85. The van der Waals surface area contributed by atoms with Gasteiger partial charge < -0.3 is 55.0 Å². The number of amides is 3. The molecule has 2 fully saturated rings. The normalized spacial score (nSPS) is 16.8. The fraction of sp³-hybridized carbons (Fsp3) is 0.365. The Labute approximate surface area is 686 Å². The van der Waals surface area contributed by atoms with Crippen LogP contribution in [0.25, 0.3) is 32.3 Å². The number of benzene rings is 7. The van der Waals surface area contributed by atoms with E-state index in [1.54, 1.807) is 145 Å². The highest BCUT2D eigenvalue weighted by Crippen LogP contribution is 2.39. The zero-order chi connectivity index (χ0) is 87.2. The number of aromatic nitrogens is 3. The number of alkyl halides is 9. The number of carbonyl (C=O) groups excluding carboxylic acids is 3. The van der Waals surface area contributed by atoms with Crippen LogP contribution in [0.2, 0.25) is 0 Å². The van der Waals surface area contributed by atoms with Gasteiger partial charge in [-0.25, -0.2) is 40.2 Å². The molecule has 5 atom stereocenters. The molecule has 35 heteroatoms. The van der Waals surface area contributed by atoms with Crippen LogP contribution in [0.4, 0.5) is 39.5 Å². The third-order valence-electron chi connectivity index (χ3n) is 20.1. The molecule has 1 aliphatic carbocycles. The minimum absolute atomic E-state index is 0.0285. The largest absolute Gasteiger partial charge is 0.573 e. The molecule has 1 aliphatic heterocycles. The van der Waals surface area contributed by atoms with E-state index >= 15 is 0 Å². The highest BCUT2D eigenvalue weighted by Gasteiger charge is 2.43. The number of hydrogen-bond acceptors (Lipinski definition) is 20. The molecule has 4 heterocycles. The number of ether oxygens (including phenoxy) is 5. The van der Waals surface area contributed by atoms with Crippen molar-refractivity contribution in [1.29, 1.82) is 0 Å². The zero-order valence-electron chi connectivity index (χ0n) is 65.8. The third-order valence-corrected chi connectivity index (χ3v) is 25.4. The average Bonchev–Trinajstić information content (AvgIpc) is 0.798. The van der Waals surface area contributed by atoms with Crippen molar-refractivity contribution in [3.63, 3.8) is 0 Å². The second kappa shape index (κ2) is 39.3. The number of nitrogens with zero attached hydrogens (tertiary/aromatic N) is 3. The van der Waals surface area contributed by atoms with Crippen molar-refractivity contribution in [2.24, 2.45) is 11.8 Å². The molecule has 0 unspecified atom stereocenters. The SMILES string of the molecule is CCS(=O)(=O)c1ccc([C@@H](CO)NC(=O)c2ccc3c(OC[C@@H]4CC[C@@H](C(F)(F)F)OC4)nc(C)cc3c2)cc1.CCS(=O)(=O)c1ccc([C@H](CO)NC(=O)c2ccc3c(OC4CCC(CC(F)(F)F)CC4)nc(C)cc3c2)cc1.CCS(=O)(=O)c1ccc([C@H](CO)NC(=O)c2ccc3c(Oc4ccc(OC(F)(F)F)cc4)nc(C)cc3c2)cc1. The van der Waals surface area contributed by atoms with Crippen molar-refractivity contribution in [3.05, 3.63) is 220 Å². The summed E-state index contributed by atoms with van der Waals surface area (Å²) in [4.78, 5) is 53.0. The lowest BCUT2D eigenvalue weighted by atomic mass is 9.85. The molecular weight excluding hydrogens is 1640 g/mol. The van der Waals surface area contributed by atoms with E-state index in [-0.39, 0.29) is 93.5 Å². The molecule has 120 heavy (non-hydrogen) atoms. The van der Waals surface area contributed by atoms with Crippen molar-refractivity contribution in [2.75, 3.05) is 50.3 Å². The summed E-state index contributed by atoms with van der Waals surface area (Å²) >= 11 is 0. The Morgan fingerprint density at radius 1 is 0.458 bits per heavy atom. The van der Waals surface area contributed by atoms with Crippen molar-refractivity contribution in [2.45, 2.75) is 150 Å². The van der Waals surface area contributed by atoms with E-state index in [0.717, 1.165) is 17.5 Å². The number of carbonyl (C=O) groups is 3. The maximum Gasteiger partial charge on any atom is 0.573 e. The number of nitrogens with one attached hydrogen (secondary N) is 3. The molecule has 642 valence electrons. The summed E-state index contributed by atoms with van der Waals surface area (Å²) in [7, 11) is -10.1. The zero-order valence-corrected chi connectivity index (χ0v) is 68.3. The van der Waals surface area contributed by atoms with Crippen LogP contribution in [0.3, 0.4) is 0 Å². The monoisotopic (exact) mass is 1730 g/mol. The molecule has 1 saturated heterocycles. The van der Waals surface area contributed by atoms with Gasteiger partial charge in [-0.3, -0.25) is 14.4 Å². The first-order valence-corrected chi connectivity index (χ1v) is 43.2. The molecule has 7 aromatic carbocycles. The maximum absolute atomic E-state index is 13.1. The Morgan fingerprint density at radius 2 is 0.817 bits per heavy atom. The number of aliphatic hydroxyl groups excluding tert-OH is 3. The minimum Gasteiger partial charge on any atom is -0.477 e. The Bertz CT molecular complexity index is 5620. The number of rotatable bonds is 27. The van der Waals surface area contributed by atoms with Crippen molar-refractivity contribution < 1.29 is 118 Å². The predicted octanol–water partition coefficient (Wildman–Crippen LogP) is 15.7. The van der Waals surface area contributed by atoms with Gasteiger partial charge in [0, 0.05) is 62.3 Å². The van der Waals surface area contributed by atoms with Crippen molar-refractivity contribution in [1.82, 2.24) is 30.9 Å². The van der Waals surface area contributed by atoms with Crippen molar-refractivity contribution >= 4 is 79.6 Å². The number of sulfone groups is 3. The highest BCUT2D eigenvalue weighted by atomic mass is 32.2. The summed E-state index contributed by atoms with van der Waals surface area (Å²) in [5.41, 5.74) is 4.49. The molecule has 12 rings (SSSR count). The van der Waals surface area contributed by atoms with E-state index in [2.05, 4.69) is 35.6 Å². The summed E-state index contributed by atoms with van der Waals surface area (Å²) in [5, 5.41) is 41.9. The molecule has 6 N–H and O–H groups in total. The summed E-state index contributed by atoms with van der Waals surface area (Å²) in [6, 6.07) is 40.8. The van der Waals surface area contributed by atoms with Gasteiger partial charge in [-0.05, 0) is 232 Å². The Morgan fingerprint density at radius 3 is 1.17 bits per heavy atom. The van der Waals surface area contributed by atoms with E-state index in [0.29, 0.717) is 121 Å². The van der Waals surface area contributed by atoms with E-state index in [1.165, 1.54) is 48.5 Å². The highest BCUT2D eigenvalue weighted by molar-refractivity contribution is 7.92. The molecule has 1 saturated carbocycles. The number of halogens is 9. The van der Waals surface area contributed by atoms with Gasteiger partial charge in [0.05, 0.1) is 83.1 Å². The topological polar surface area (TPSA) is 335 Å². The average molecular weight is 1730 g/mol. The van der Waals surface area contributed by atoms with E-state index in [9.17, 15) is 94.5 Å². The minimum atomic E-state index is -4.81. The molecule has 0 radical (unpaired) electrons. The lowest BCUT2D eigenvalue weighted by Crippen LogP contribution is -2.38. The number of aryl methyl sites for hydroxylation is 3. The van der Waals surface area contributed by atoms with Crippen LogP contribution < -0.4 is 34.9 Å². The van der Waals surface area contributed by atoms with Crippen LogP contribution in [-0.2, 0) is 34.2 Å². The molecule has 0 bridgehead atoms. The molecule has 2 aliphatic rings. The van der Waals surface area contributed by atoms with Gasteiger partial charge in [-0.1, -0.05) is 57.2 Å². The molecule has 0 spiro atoms. The van der Waals surface area contributed by atoms with Gasteiger partial charge in [0.2, 0.25) is 17.6 Å². The second-order valence-electron chi connectivity index (χ2n) is 28.9. The number of hydrogen-bond donors (Lipinski definition) is 6. The van der Waals surface area contributed by atoms with Crippen LogP contribution in [0.15, 0.2) is 185 Å². The van der Waals surface area contributed by atoms with Gasteiger partial charge >= 0.3 is 18.7 Å². The van der Waals surface area contributed by atoms with Gasteiger partial charge in [0.1, 0.15) is 17.6 Å². The van der Waals surface area contributed by atoms with E-state index in [4.69, 9.17) is 18.9 Å². The van der Waals surface area contributed by atoms with Crippen LogP contribution in [0, 0.1) is 32.6 Å². The lowest BCUT2D eigenvalue weighted by Gasteiger charge is -2.30. The standard InChI is InChI=1S/C29H33F3N2O5S.C28H25F3N2O6S.C28H31F3N2O6S/c1-3-40(37,38)24-11-6-20(7-12-24)26(17-35)34-27(36)21-8-13-25-22(15-21)14-18(2)33-28(25)39-23-9-4-19(5-10-23)16-29(30,31)32;1-3-40(36,37)23-11-4-18(5-12-23)25(16-34)33-26(35)19-6-13-24-20(15-19)14-17(2)32-27(24)38-21-7-9-22(10-8-21)39-28(29,30)31;1-3-40(36,37)22-8-5-19(6-9-22)24(14-34)33-26(35)20-7-10-23-21(13-20)12-17(2)32-27(23)39-16-18-4-11-25(38-15-18)28(29,30)31/h6-8,11-15,19,23,26,35H,3-5,9-10,16-17H2,1-2H3,(H,34,36);4-15,25,34H,3,16H2,1-2H3,(H,33,35);5-10,12-13,18,24-25,34H,3-4,11,14-16H2,1-2H3,(H,33,35)/t19?,23?,26-;25-;18-,24-,25+/m001/s1. The first-order valence-electron chi connectivity index (χ1n) is 38.2.